The normalized spacial score (nSPS) is 13.7. The summed E-state index contributed by atoms with van der Waals surface area (Å²) in [5.74, 6) is -1.92. The highest BCUT2D eigenvalue weighted by Gasteiger charge is 2.39. The highest BCUT2D eigenvalue weighted by atomic mass is 35.5. The van der Waals surface area contributed by atoms with Gasteiger partial charge in [-0.25, -0.2) is 14.2 Å². The van der Waals surface area contributed by atoms with Crippen molar-refractivity contribution in [3.63, 3.8) is 0 Å². The average Bonchev–Trinajstić information content (AvgIpc) is 2.65. The summed E-state index contributed by atoms with van der Waals surface area (Å²) >= 11 is 11.9. The molecule has 0 radical (unpaired) electrons. The number of ether oxygens (including phenoxy) is 1. The van der Waals surface area contributed by atoms with E-state index in [-0.39, 0.29) is 5.02 Å². The Morgan fingerprint density at radius 3 is 2.29 bits per heavy atom. The van der Waals surface area contributed by atoms with Crippen LogP contribution in [0.3, 0.4) is 0 Å². The third-order valence-electron chi connectivity index (χ3n) is 4.26. The van der Waals surface area contributed by atoms with Gasteiger partial charge in [-0.05, 0) is 39.8 Å². The van der Waals surface area contributed by atoms with Gasteiger partial charge in [-0.1, -0.05) is 29.3 Å². The summed E-state index contributed by atoms with van der Waals surface area (Å²) in [7, 11) is 0. The lowest BCUT2D eigenvalue weighted by atomic mass is 9.99. The summed E-state index contributed by atoms with van der Waals surface area (Å²) in [5, 5.41) is 13.9. The van der Waals surface area contributed by atoms with Crippen LogP contribution in [-0.2, 0) is 15.7 Å². The van der Waals surface area contributed by atoms with E-state index < -0.39 is 69.3 Å². The fourth-order valence-corrected chi connectivity index (χ4v) is 3.40. The molecule has 0 bridgehead atoms. The van der Waals surface area contributed by atoms with Crippen molar-refractivity contribution in [2.75, 3.05) is 5.32 Å². The Kier molecular flexibility index (Phi) is 8.39. The van der Waals surface area contributed by atoms with Crippen molar-refractivity contribution < 1.29 is 37.0 Å². The third-order valence-corrected chi connectivity index (χ3v) is 4.97. The van der Waals surface area contributed by atoms with Gasteiger partial charge in [0.05, 0.1) is 16.9 Å². The number of alkyl halides is 3. The number of hydrogen-bond donors (Lipinski definition) is 3. The molecule has 2 rings (SSSR count). The number of aromatic nitrogens is 1. The molecule has 186 valence electrons. The first-order valence-electron chi connectivity index (χ1n) is 9.71. The number of aliphatic hydroxyl groups is 1. The lowest BCUT2D eigenvalue weighted by Crippen LogP contribution is -2.44. The number of benzene rings is 1. The van der Waals surface area contributed by atoms with E-state index in [0.717, 1.165) is 6.07 Å². The minimum absolute atomic E-state index is 0.286. The molecule has 2 atom stereocenters. The second kappa shape index (κ2) is 10.3. The van der Waals surface area contributed by atoms with Crippen LogP contribution in [0.4, 0.5) is 28.0 Å². The van der Waals surface area contributed by atoms with Gasteiger partial charge in [-0.2, -0.15) is 13.2 Å². The van der Waals surface area contributed by atoms with Crippen LogP contribution in [0.15, 0.2) is 24.4 Å². The Hall–Kier alpha value is -2.63. The van der Waals surface area contributed by atoms with Crippen LogP contribution in [0.25, 0.3) is 0 Å². The van der Waals surface area contributed by atoms with Crippen molar-refractivity contribution in [3.8, 4) is 0 Å². The summed E-state index contributed by atoms with van der Waals surface area (Å²) in [6.45, 7) is 6.10. The maximum Gasteiger partial charge on any atom is 0.434 e. The van der Waals surface area contributed by atoms with Crippen LogP contribution in [-0.4, -0.2) is 33.7 Å². The molecule has 1 aromatic heterocycles. The van der Waals surface area contributed by atoms with Crippen molar-refractivity contribution >= 4 is 40.9 Å². The molecule has 3 N–H and O–H groups in total. The summed E-state index contributed by atoms with van der Waals surface area (Å²) in [4.78, 5) is 27.7. The fraction of sp³-hybridized carbons (Fsp3) is 0.381. The molecule has 1 heterocycles. The first-order valence-corrected chi connectivity index (χ1v) is 10.5. The van der Waals surface area contributed by atoms with Crippen LogP contribution in [0.5, 0.6) is 0 Å². The lowest BCUT2D eigenvalue weighted by Gasteiger charge is -2.23. The molecule has 34 heavy (non-hydrogen) atoms. The highest BCUT2D eigenvalue weighted by Crippen LogP contribution is 2.43. The van der Waals surface area contributed by atoms with Crippen LogP contribution >= 0.6 is 23.2 Å². The molecule has 0 aliphatic heterocycles. The maximum atomic E-state index is 14.4. The third kappa shape index (κ3) is 6.71. The molecule has 2 amide bonds. The summed E-state index contributed by atoms with van der Waals surface area (Å²) in [6.07, 6.45) is -7.43. The Balaban J connectivity index is 2.47. The Morgan fingerprint density at radius 1 is 1.15 bits per heavy atom. The van der Waals surface area contributed by atoms with Gasteiger partial charge in [0, 0.05) is 16.1 Å². The number of rotatable bonds is 5. The minimum Gasteiger partial charge on any atom is -0.444 e. The molecule has 0 saturated heterocycles. The molecule has 0 aliphatic rings. The van der Waals surface area contributed by atoms with E-state index in [1.807, 2.05) is 0 Å². The van der Waals surface area contributed by atoms with Gasteiger partial charge < -0.3 is 20.5 Å². The quantitative estimate of drug-likeness (QED) is 0.448. The van der Waals surface area contributed by atoms with Crippen LogP contribution in [0.1, 0.15) is 50.6 Å². The van der Waals surface area contributed by atoms with Gasteiger partial charge in [0.15, 0.2) is 5.69 Å². The Labute approximate surface area is 202 Å². The minimum atomic E-state index is -5.02. The Morgan fingerprint density at radius 2 is 1.76 bits per heavy atom. The predicted octanol–water partition coefficient (Wildman–Crippen LogP) is 5.48. The smallest absolute Gasteiger partial charge is 0.434 e. The number of aliphatic hydroxyl groups excluding tert-OH is 1. The molecule has 2 aromatic rings. The monoisotopic (exact) mass is 525 g/mol. The predicted molar refractivity (Wildman–Crippen MR) is 117 cm³/mol. The number of nitrogens with zero attached hydrogens (tertiary/aromatic N) is 1. The van der Waals surface area contributed by atoms with Crippen molar-refractivity contribution in [3.05, 3.63) is 57.1 Å². The number of carbonyl (C=O) groups is 2. The number of anilines is 1. The molecular formula is C21H21Cl2F4N3O4. The molecule has 1 aromatic carbocycles. The summed E-state index contributed by atoms with van der Waals surface area (Å²) in [6, 6.07) is 2.16. The SMILES string of the molecule is CC(NC(=O)OC(C)(C)C)C(=O)Nc1cnc(C(F)(F)F)c(Cl)c1C(O)c1c(F)cccc1Cl. The zero-order chi connectivity index (χ0) is 26.0. The fourth-order valence-electron chi connectivity index (χ4n) is 2.77. The van der Waals surface area contributed by atoms with Crippen molar-refractivity contribution in [1.29, 1.82) is 0 Å². The van der Waals surface area contributed by atoms with Crippen molar-refractivity contribution in [1.82, 2.24) is 10.3 Å². The topological polar surface area (TPSA) is 101 Å². The molecular weight excluding hydrogens is 505 g/mol. The second-order valence-corrected chi connectivity index (χ2v) is 8.93. The number of pyridine rings is 1. The van der Waals surface area contributed by atoms with Crippen molar-refractivity contribution in [2.45, 2.75) is 51.6 Å². The number of carbonyl (C=O) groups excluding carboxylic acids is 2. The first kappa shape index (κ1) is 27.6. The van der Waals surface area contributed by atoms with Gasteiger partial charge in [0.25, 0.3) is 0 Å². The van der Waals surface area contributed by atoms with E-state index in [9.17, 15) is 32.3 Å². The zero-order valence-corrected chi connectivity index (χ0v) is 19.9. The number of alkyl carbamates (subject to hydrolysis) is 1. The largest absolute Gasteiger partial charge is 0.444 e. The van der Waals surface area contributed by atoms with Crippen LogP contribution in [0.2, 0.25) is 10.0 Å². The zero-order valence-electron chi connectivity index (χ0n) is 18.4. The first-order chi connectivity index (χ1) is 15.5. The molecule has 13 heteroatoms. The molecule has 0 aliphatic carbocycles. The van der Waals surface area contributed by atoms with E-state index in [1.165, 1.54) is 19.1 Å². The van der Waals surface area contributed by atoms with E-state index in [1.54, 1.807) is 20.8 Å². The van der Waals surface area contributed by atoms with Gasteiger partial charge in [0.1, 0.15) is 23.6 Å². The number of amides is 2. The molecule has 0 saturated carbocycles. The number of hydrogen-bond acceptors (Lipinski definition) is 5. The van der Waals surface area contributed by atoms with E-state index >= 15 is 0 Å². The summed E-state index contributed by atoms with van der Waals surface area (Å²) < 4.78 is 59.6. The van der Waals surface area contributed by atoms with Gasteiger partial charge in [-0.3, -0.25) is 4.79 Å². The lowest BCUT2D eigenvalue weighted by molar-refractivity contribution is -0.141. The van der Waals surface area contributed by atoms with E-state index in [4.69, 9.17) is 27.9 Å². The van der Waals surface area contributed by atoms with Crippen LogP contribution in [0, 0.1) is 5.82 Å². The molecule has 0 fully saturated rings. The van der Waals surface area contributed by atoms with E-state index in [0.29, 0.717) is 6.20 Å². The van der Waals surface area contributed by atoms with E-state index in [2.05, 4.69) is 15.6 Å². The van der Waals surface area contributed by atoms with Gasteiger partial charge in [0.2, 0.25) is 5.91 Å². The number of nitrogens with one attached hydrogen (secondary N) is 2. The van der Waals surface area contributed by atoms with Gasteiger partial charge in [-0.15, -0.1) is 0 Å². The maximum absolute atomic E-state index is 14.4. The number of halogens is 6. The Bertz CT molecular complexity index is 1070. The molecule has 0 spiro atoms. The molecule has 7 nitrogen and oxygen atoms in total. The van der Waals surface area contributed by atoms with Crippen LogP contribution < -0.4 is 10.6 Å². The summed E-state index contributed by atoms with van der Waals surface area (Å²) in [5.41, 5.74) is -4.10. The average molecular weight is 526 g/mol. The van der Waals surface area contributed by atoms with Crippen molar-refractivity contribution in [2.24, 2.45) is 0 Å². The highest BCUT2D eigenvalue weighted by molar-refractivity contribution is 6.33. The molecule has 2 unspecified atom stereocenters. The standard InChI is InChI=1S/C21H21Cl2F4N3O4/c1-9(29-19(33)34-20(2,3)4)18(32)30-12-8-28-17(21(25,26)27)15(23)14(12)16(31)13-10(22)6-5-7-11(13)24/h5-9,16,31H,1-4H3,(H,29,33)(H,30,32). The second-order valence-electron chi connectivity index (χ2n) is 8.14. The van der Waals surface area contributed by atoms with Gasteiger partial charge >= 0.3 is 12.3 Å².